The van der Waals surface area contributed by atoms with E-state index in [9.17, 15) is 4.79 Å². The lowest BCUT2D eigenvalue weighted by Gasteiger charge is -1.84. The summed E-state index contributed by atoms with van der Waals surface area (Å²) in [6.45, 7) is 2.03. The summed E-state index contributed by atoms with van der Waals surface area (Å²) in [5.74, 6) is 0.947. The largest absolute Gasteiger partial charge is 0.297 e. The van der Waals surface area contributed by atoms with Gasteiger partial charge in [0.05, 0.1) is 0 Å². The predicted octanol–water partition coefficient (Wildman–Crippen LogP) is 2.72. The third-order valence-corrected chi connectivity index (χ3v) is 3.37. The highest BCUT2D eigenvalue weighted by Crippen LogP contribution is 2.28. The number of thiazole rings is 1. The second-order valence-corrected chi connectivity index (χ2v) is 4.59. The van der Waals surface area contributed by atoms with Crippen molar-refractivity contribution in [2.45, 2.75) is 11.3 Å². The Morgan fingerprint density at radius 2 is 2.55 bits per heavy atom. The van der Waals surface area contributed by atoms with Crippen LogP contribution in [0.3, 0.4) is 0 Å². The Balaban J connectivity index is 2.86. The van der Waals surface area contributed by atoms with Crippen molar-refractivity contribution < 1.29 is 4.79 Å². The van der Waals surface area contributed by atoms with Crippen LogP contribution in [-0.2, 0) is 0 Å². The molecule has 0 bridgehead atoms. The van der Waals surface area contributed by atoms with Crippen molar-refractivity contribution in [2.24, 2.45) is 0 Å². The maximum Gasteiger partial charge on any atom is 0.163 e. The minimum Gasteiger partial charge on any atom is -0.297 e. The molecule has 1 aromatic rings. The molecule has 0 fully saturated rings. The lowest BCUT2D eigenvalue weighted by atomic mass is 10.6. The van der Waals surface area contributed by atoms with Crippen molar-refractivity contribution in [1.82, 2.24) is 4.98 Å². The van der Waals surface area contributed by atoms with Crippen LogP contribution in [0.4, 0.5) is 0 Å². The highest BCUT2D eigenvalue weighted by molar-refractivity contribution is 8.01. The molecule has 1 rings (SSSR count). The summed E-state index contributed by atoms with van der Waals surface area (Å²) in [7, 11) is 0. The molecule has 1 aromatic heterocycles. The van der Waals surface area contributed by atoms with E-state index in [4.69, 9.17) is 11.6 Å². The molecule has 1 heterocycles. The zero-order valence-corrected chi connectivity index (χ0v) is 8.22. The number of halogens is 1. The predicted molar refractivity (Wildman–Crippen MR) is 48.9 cm³/mol. The number of aldehydes is 1. The smallest absolute Gasteiger partial charge is 0.163 e. The van der Waals surface area contributed by atoms with Crippen molar-refractivity contribution in [3.8, 4) is 0 Å². The summed E-state index contributed by atoms with van der Waals surface area (Å²) >= 11 is 8.56. The van der Waals surface area contributed by atoms with Crippen LogP contribution < -0.4 is 0 Å². The van der Waals surface area contributed by atoms with Crippen LogP contribution in [0.25, 0.3) is 0 Å². The van der Waals surface area contributed by atoms with Gasteiger partial charge in [-0.3, -0.25) is 4.79 Å². The number of carbonyl (C=O) groups is 1. The first-order valence-electron chi connectivity index (χ1n) is 3.02. The first-order valence-corrected chi connectivity index (χ1v) is 5.20. The van der Waals surface area contributed by atoms with E-state index in [-0.39, 0.29) is 0 Å². The Hall–Kier alpha value is -0.0600. The summed E-state index contributed by atoms with van der Waals surface area (Å²) < 4.78 is 0.861. The van der Waals surface area contributed by atoms with Crippen LogP contribution >= 0.6 is 34.7 Å². The van der Waals surface area contributed by atoms with Crippen molar-refractivity contribution in [3.05, 3.63) is 10.0 Å². The zero-order chi connectivity index (χ0) is 8.27. The highest BCUT2D eigenvalue weighted by Gasteiger charge is 2.06. The van der Waals surface area contributed by atoms with Crippen LogP contribution in [0.5, 0.6) is 0 Å². The van der Waals surface area contributed by atoms with Crippen molar-refractivity contribution in [1.29, 1.82) is 0 Å². The lowest BCUT2D eigenvalue weighted by molar-refractivity contribution is 0.112. The number of hydrogen-bond acceptors (Lipinski definition) is 4. The third-order valence-electron chi connectivity index (χ3n) is 0.965. The van der Waals surface area contributed by atoms with Gasteiger partial charge in [-0.2, -0.15) is 0 Å². The Morgan fingerprint density at radius 1 is 1.82 bits per heavy atom. The van der Waals surface area contributed by atoms with E-state index >= 15 is 0 Å². The number of nitrogens with zero attached hydrogens (tertiary/aromatic N) is 1. The van der Waals surface area contributed by atoms with Gasteiger partial charge in [-0.15, -0.1) is 11.3 Å². The summed E-state index contributed by atoms with van der Waals surface area (Å²) in [6.07, 6.45) is 0.736. The molecule has 2 nitrogen and oxygen atoms in total. The van der Waals surface area contributed by atoms with Crippen molar-refractivity contribution in [3.63, 3.8) is 0 Å². The molecule has 0 radical (unpaired) electrons. The normalized spacial score (nSPS) is 10.0. The molecule has 0 spiro atoms. The molecule has 0 amide bonds. The fourth-order valence-electron chi connectivity index (χ4n) is 0.552. The first-order chi connectivity index (χ1) is 5.27. The second kappa shape index (κ2) is 4.09. The average molecular weight is 208 g/mol. The molecule has 11 heavy (non-hydrogen) atoms. The van der Waals surface area contributed by atoms with Gasteiger partial charge in [-0.25, -0.2) is 4.98 Å². The van der Waals surface area contributed by atoms with Crippen LogP contribution in [0.2, 0.25) is 5.15 Å². The van der Waals surface area contributed by atoms with Gasteiger partial charge < -0.3 is 0 Å². The van der Waals surface area contributed by atoms with Crippen LogP contribution in [-0.4, -0.2) is 17.0 Å². The van der Waals surface area contributed by atoms with E-state index in [1.807, 2.05) is 6.92 Å². The monoisotopic (exact) mass is 207 g/mol. The number of hydrogen-bond donors (Lipinski definition) is 0. The zero-order valence-electron chi connectivity index (χ0n) is 5.83. The third kappa shape index (κ3) is 2.18. The van der Waals surface area contributed by atoms with Gasteiger partial charge in [0.1, 0.15) is 4.88 Å². The van der Waals surface area contributed by atoms with Gasteiger partial charge in [-0.1, -0.05) is 30.3 Å². The van der Waals surface area contributed by atoms with Crippen molar-refractivity contribution in [2.75, 3.05) is 5.75 Å². The lowest BCUT2D eigenvalue weighted by Crippen LogP contribution is -1.70. The maximum absolute atomic E-state index is 10.3. The maximum atomic E-state index is 10.3. The Kier molecular flexibility index (Phi) is 3.36. The van der Waals surface area contributed by atoms with E-state index < -0.39 is 0 Å². The Labute approximate surface area is 78.0 Å². The van der Waals surface area contributed by atoms with Gasteiger partial charge in [0, 0.05) is 0 Å². The van der Waals surface area contributed by atoms with E-state index in [0.29, 0.717) is 10.0 Å². The SMILES string of the molecule is CCSc1nc(Cl)c(C=O)s1. The Bertz CT molecular complexity index is 261. The molecule has 0 saturated carbocycles. The number of carbonyl (C=O) groups excluding carboxylic acids is 1. The van der Waals surface area contributed by atoms with E-state index in [0.717, 1.165) is 16.4 Å². The summed E-state index contributed by atoms with van der Waals surface area (Å²) in [5, 5.41) is 0.320. The molecular formula is C6H6ClNOS2. The highest BCUT2D eigenvalue weighted by atomic mass is 35.5. The van der Waals surface area contributed by atoms with Crippen LogP contribution in [0.15, 0.2) is 4.34 Å². The number of aromatic nitrogens is 1. The van der Waals surface area contributed by atoms with Crippen LogP contribution in [0, 0.1) is 0 Å². The quantitative estimate of drug-likeness (QED) is 0.564. The molecule has 0 N–H and O–H groups in total. The number of thioether (sulfide) groups is 1. The number of rotatable bonds is 3. The Morgan fingerprint density at radius 3 is 3.00 bits per heavy atom. The first kappa shape index (κ1) is 9.03. The minimum absolute atomic E-state index is 0.320. The van der Waals surface area contributed by atoms with E-state index in [1.165, 1.54) is 11.3 Å². The minimum atomic E-state index is 0.320. The van der Waals surface area contributed by atoms with Gasteiger partial charge in [0.2, 0.25) is 0 Å². The standard InChI is InChI=1S/C6H6ClNOS2/c1-2-10-6-8-5(7)4(3-9)11-6/h3H,2H2,1H3. The molecule has 0 saturated heterocycles. The average Bonchev–Trinajstić information content (AvgIpc) is 2.32. The molecule has 0 unspecified atom stereocenters. The molecule has 0 atom stereocenters. The van der Waals surface area contributed by atoms with Crippen LogP contribution in [0.1, 0.15) is 16.6 Å². The molecule has 0 aliphatic heterocycles. The second-order valence-electron chi connectivity index (χ2n) is 1.69. The molecule has 0 aliphatic carbocycles. The van der Waals surface area contributed by atoms with Gasteiger partial charge >= 0.3 is 0 Å². The summed E-state index contributed by atoms with van der Waals surface area (Å²) in [5.41, 5.74) is 0. The molecule has 60 valence electrons. The molecule has 5 heteroatoms. The topological polar surface area (TPSA) is 30.0 Å². The fourth-order valence-corrected chi connectivity index (χ4v) is 2.66. The summed E-state index contributed by atoms with van der Waals surface area (Å²) in [4.78, 5) is 14.8. The van der Waals surface area contributed by atoms with Gasteiger partial charge in [-0.05, 0) is 5.75 Å². The van der Waals surface area contributed by atoms with E-state index in [2.05, 4.69) is 4.98 Å². The van der Waals surface area contributed by atoms with Gasteiger partial charge in [0.15, 0.2) is 15.8 Å². The van der Waals surface area contributed by atoms with Crippen molar-refractivity contribution >= 4 is 41.0 Å². The molecular weight excluding hydrogens is 202 g/mol. The van der Waals surface area contributed by atoms with Gasteiger partial charge in [0.25, 0.3) is 0 Å². The molecule has 0 aromatic carbocycles. The fraction of sp³-hybridized carbons (Fsp3) is 0.333. The van der Waals surface area contributed by atoms with E-state index in [1.54, 1.807) is 11.8 Å². The molecule has 0 aliphatic rings. The summed E-state index contributed by atoms with van der Waals surface area (Å²) in [6, 6.07) is 0.